The number of hydrogen-bond donors (Lipinski definition) is 1. The van der Waals surface area contributed by atoms with Crippen LogP contribution in [0.1, 0.15) is 57.9 Å². The van der Waals surface area contributed by atoms with E-state index < -0.39 is 0 Å². The number of hydrogen-bond acceptors (Lipinski definition) is 2. The van der Waals surface area contributed by atoms with Crippen molar-refractivity contribution < 1.29 is 0 Å². The molecule has 3 atom stereocenters. The molecule has 0 amide bonds. The van der Waals surface area contributed by atoms with Crippen molar-refractivity contribution in [2.24, 2.45) is 17.8 Å². The third-order valence-electron chi connectivity index (χ3n) is 4.86. The Labute approximate surface area is 129 Å². The zero-order valence-corrected chi connectivity index (χ0v) is 14.1. The van der Waals surface area contributed by atoms with Gasteiger partial charge in [0.1, 0.15) is 0 Å². The van der Waals surface area contributed by atoms with Crippen LogP contribution in [0.5, 0.6) is 0 Å². The molecular weight excluding hydrogens is 262 g/mol. The van der Waals surface area contributed by atoms with Crippen molar-refractivity contribution in [3.63, 3.8) is 0 Å². The fourth-order valence-corrected chi connectivity index (χ4v) is 4.47. The van der Waals surface area contributed by atoms with E-state index in [1.165, 1.54) is 58.0 Å². The first kappa shape index (κ1) is 16.0. The van der Waals surface area contributed by atoms with E-state index in [-0.39, 0.29) is 0 Å². The van der Waals surface area contributed by atoms with Crippen molar-refractivity contribution in [2.45, 2.75) is 58.8 Å². The first-order chi connectivity index (χ1) is 9.83. The van der Waals surface area contributed by atoms with Crippen LogP contribution in [0.3, 0.4) is 0 Å². The highest BCUT2D eigenvalue weighted by Gasteiger charge is 2.29. The molecule has 0 radical (unpaired) electrons. The molecule has 3 unspecified atom stereocenters. The Hall–Kier alpha value is -0.340. The summed E-state index contributed by atoms with van der Waals surface area (Å²) in [5, 5.41) is 8.24. The zero-order valence-electron chi connectivity index (χ0n) is 13.2. The van der Waals surface area contributed by atoms with Gasteiger partial charge in [-0.05, 0) is 78.9 Å². The first-order valence-electron chi connectivity index (χ1n) is 8.55. The van der Waals surface area contributed by atoms with Gasteiger partial charge in [0.05, 0.1) is 0 Å². The van der Waals surface area contributed by atoms with E-state index >= 15 is 0 Å². The second-order valence-corrected chi connectivity index (χ2v) is 7.31. The summed E-state index contributed by atoms with van der Waals surface area (Å²) in [6, 6.07) is 2.32. The topological polar surface area (TPSA) is 12.0 Å². The van der Waals surface area contributed by atoms with E-state index in [0.717, 1.165) is 17.8 Å². The van der Waals surface area contributed by atoms with Crippen LogP contribution in [-0.2, 0) is 6.42 Å². The summed E-state index contributed by atoms with van der Waals surface area (Å²) in [6.07, 6.45) is 9.72. The molecular formula is C18H31NS. The van der Waals surface area contributed by atoms with Crippen LogP contribution in [0.2, 0.25) is 0 Å². The summed E-state index contributed by atoms with van der Waals surface area (Å²) in [5.74, 6) is 2.79. The average molecular weight is 294 g/mol. The highest BCUT2D eigenvalue weighted by atomic mass is 32.1. The molecule has 2 rings (SSSR count). The first-order valence-corrected chi connectivity index (χ1v) is 9.49. The SMILES string of the molecule is CCCNCC1CCC(CCC)CC1Cc1ccsc1. The van der Waals surface area contributed by atoms with E-state index in [4.69, 9.17) is 0 Å². The van der Waals surface area contributed by atoms with Crippen molar-refractivity contribution >= 4 is 11.3 Å². The molecule has 1 aliphatic carbocycles. The minimum atomic E-state index is 0.898. The minimum absolute atomic E-state index is 0.898. The van der Waals surface area contributed by atoms with Gasteiger partial charge in [-0.2, -0.15) is 11.3 Å². The summed E-state index contributed by atoms with van der Waals surface area (Å²) < 4.78 is 0. The van der Waals surface area contributed by atoms with Gasteiger partial charge in [0, 0.05) is 0 Å². The van der Waals surface area contributed by atoms with Crippen LogP contribution in [0.4, 0.5) is 0 Å². The lowest BCUT2D eigenvalue weighted by molar-refractivity contribution is 0.168. The summed E-state index contributed by atoms with van der Waals surface area (Å²) in [6.45, 7) is 7.01. The van der Waals surface area contributed by atoms with Crippen LogP contribution >= 0.6 is 11.3 Å². The van der Waals surface area contributed by atoms with Gasteiger partial charge in [-0.1, -0.05) is 33.1 Å². The molecule has 1 heterocycles. The molecule has 2 heteroatoms. The Bertz CT molecular complexity index is 346. The molecule has 1 saturated carbocycles. The number of thiophene rings is 1. The fourth-order valence-electron chi connectivity index (χ4n) is 3.79. The molecule has 1 fully saturated rings. The second-order valence-electron chi connectivity index (χ2n) is 6.53. The Kier molecular flexibility index (Phi) is 7.09. The molecule has 0 aromatic carbocycles. The summed E-state index contributed by atoms with van der Waals surface area (Å²) in [7, 11) is 0. The highest BCUT2D eigenvalue weighted by Crippen LogP contribution is 2.38. The maximum Gasteiger partial charge on any atom is -0.00178 e. The van der Waals surface area contributed by atoms with E-state index in [1.807, 2.05) is 11.3 Å². The van der Waals surface area contributed by atoms with Crippen LogP contribution < -0.4 is 5.32 Å². The standard InChI is InChI=1S/C18H31NS/c1-3-5-15-6-7-17(13-19-9-4-2)18(11-15)12-16-8-10-20-14-16/h8,10,14-15,17-19H,3-7,9,11-13H2,1-2H3. The summed E-state index contributed by atoms with van der Waals surface area (Å²) >= 11 is 1.85. The van der Waals surface area contributed by atoms with Gasteiger partial charge in [-0.3, -0.25) is 0 Å². The number of rotatable bonds is 8. The van der Waals surface area contributed by atoms with E-state index in [9.17, 15) is 0 Å². The van der Waals surface area contributed by atoms with Gasteiger partial charge in [0.15, 0.2) is 0 Å². The van der Waals surface area contributed by atoms with Crippen LogP contribution in [0.15, 0.2) is 16.8 Å². The molecule has 114 valence electrons. The van der Waals surface area contributed by atoms with Crippen molar-refractivity contribution in [2.75, 3.05) is 13.1 Å². The molecule has 1 aromatic heterocycles. The molecule has 0 aliphatic heterocycles. The minimum Gasteiger partial charge on any atom is -0.316 e. The Morgan fingerprint density at radius 1 is 1.20 bits per heavy atom. The van der Waals surface area contributed by atoms with Gasteiger partial charge >= 0.3 is 0 Å². The summed E-state index contributed by atoms with van der Waals surface area (Å²) in [4.78, 5) is 0. The Morgan fingerprint density at radius 2 is 2.10 bits per heavy atom. The van der Waals surface area contributed by atoms with Crippen LogP contribution in [0.25, 0.3) is 0 Å². The van der Waals surface area contributed by atoms with E-state index in [1.54, 1.807) is 5.56 Å². The maximum absolute atomic E-state index is 3.66. The Balaban J connectivity index is 1.90. The summed E-state index contributed by atoms with van der Waals surface area (Å²) in [5.41, 5.74) is 1.57. The van der Waals surface area contributed by atoms with E-state index in [0.29, 0.717) is 0 Å². The lowest BCUT2D eigenvalue weighted by atomic mass is 9.70. The average Bonchev–Trinajstić information content (AvgIpc) is 2.95. The molecule has 1 N–H and O–H groups in total. The van der Waals surface area contributed by atoms with Crippen molar-refractivity contribution in [1.29, 1.82) is 0 Å². The molecule has 1 aromatic rings. The van der Waals surface area contributed by atoms with Crippen molar-refractivity contribution in [1.82, 2.24) is 5.32 Å². The maximum atomic E-state index is 3.66. The molecule has 1 aliphatic rings. The molecule has 1 nitrogen and oxygen atoms in total. The molecule has 20 heavy (non-hydrogen) atoms. The third kappa shape index (κ3) is 4.89. The zero-order chi connectivity index (χ0) is 14.2. The normalized spacial score (nSPS) is 26.8. The predicted molar refractivity (Wildman–Crippen MR) is 90.4 cm³/mol. The quantitative estimate of drug-likeness (QED) is 0.656. The van der Waals surface area contributed by atoms with Gasteiger partial charge < -0.3 is 5.32 Å². The molecule has 0 bridgehead atoms. The molecule has 0 saturated heterocycles. The van der Waals surface area contributed by atoms with Gasteiger partial charge in [0.25, 0.3) is 0 Å². The van der Waals surface area contributed by atoms with Crippen LogP contribution in [-0.4, -0.2) is 13.1 Å². The Morgan fingerprint density at radius 3 is 2.80 bits per heavy atom. The monoisotopic (exact) mass is 293 g/mol. The molecule has 0 spiro atoms. The number of nitrogens with one attached hydrogen (secondary N) is 1. The van der Waals surface area contributed by atoms with Gasteiger partial charge in [-0.15, -0.1) is 0 Å². The lowest BCUT2D eigenvalue weighted by Gasteiger charge is -2.36. The third-order valence-corrected chi connectivity index (χ3v) is 5.59. The smallest absolute Gasteiger partial charge is 0.00178 e. The van der Waals surface area contributed by atoms with Crippen molar-refractivity contribution in [3.8, 4) is 0 Å². The largest absolute Gasteiger partial charge is 0.316 e. The van der Waals surface area contributed by atoms with Gasteiger partial charge in [-0.25, -0.2) is 0 Å². The van der Waals surface area contributed by atoms with Crippen LogP contribution in [0, 0.1) is 17.8 Å². The lowest BCUT2D eigenvalue weighted by Crippen LogP contribution is -2.34. The predicted octanol–water partition coefficient (Wildman–Crippen LogP) is 5.12. The second kappa shape index (κ2) is 8.84. The van der Waals surface area contributed by atoms with Crippen molar-refractivity contribution in [3.05, 3.63) is 22.4 Å². The fraction of sp³-hybridized carbons (Fsp3) is 0.778. The van der Waals surface area contributed by atoms with Gasteiger partial charge in [0.2, 0.25) is 0 Å². The van der Waals surface area contributed by atoms with E-state index in [2.05, 4.69) is 36.0 Å². The highest BCUT2D eigenvalue weighted by molar-refractivity contribution is 7.07.